The molecule has 122 valence electrons. The van der Waals surface area contributed by atoms with Gasteiger partial charge in [0.25, 0.3) is 5.91 Å². The van der Waals surface area contributed by atoms with Crippen LogP contribution in [0.5, 0.6) is 5.75 Å². The number of thiocarbonyl (C=S) groups is 1. The van der Waals surface area contributed by atoms with Crippen LogP contribution in [0, 0.1) is 5.82 Å². The lowest BCUT2D eigenvalue weighted by atomic mass is 10.1. The first-order valence-electron chi connectivity index (χ1n) is 7.02. The minimum absolute atomic E-state index is 0.273. The summed E-state index contributed by atoms with van der Waals surface area (Å²) in [6.07, 6.45) is 1.67. The maximum absolute atomic E-state index is 12.9. The van der Waals surface area contributed by atoms with E-state index in [1.165, 1.54) is 12.1 Å². The average Bonchev–Trinajstić information content (AvgIpc) is 2.86. The monoisotopic (exact) mass is 406 g/mol. The summed E-state index contributed by atoms with van der Waals surface area (Å²) in [5.74, 6) is 0.0222. The Balaban J connectivity index is 1.83. The highest BCUT2D eigenvalue weighted by Crippen LogP contribution is 2.26. The lowest BCUT2D eigenvalue weighted by Crippen LogP contribution is -2.21. The molecule has 1 saturated heterocycles. The molecule has 24 heavy (non-hydrogen) atoms. The lowest BCUT2D eigenvalue weighted by molar-refractivity contribution is -0.115. The van der Waals surface area contributed by atoms with Crippen molar-refractivity contribution in [2.75, 3.05) is 0 Å². The van der Waals surface area contributed by atoms with Crippen LogP contribution in [0.4, 0.5) is 4.39 Å². The Hall–Kier alpha value is -2.25. The topological polar surface area (TPSA) is 50.4 Å². The molecule has 0 bridgehead atoms. The molecule has 0 aromatic heterocycles. The van der Waals surface area contributed by atoms with Gasteiger partial charge in [0.15, 0.2) is 5.11 Å². The van der Waals surface area contributed by atoms with Crippen molar-refractivity contribution < 1.29 is 13.9 Å². The second kappa shape index (κ2) is 7.11. The Kier molecular flexibility index (Phi) is 4.92. The maximum Gasteiger partial charge on any atom is 0.273 e. The molecule has 2 N–H and O–H groups in total. The summed E-state index contributed by atoms with van der Waals surface area (Å²) in [6.45, 7) is 0.288. The molecule has 4 nitrogen and oxygen atoms in total. The molecule has 0 spiro atoms. The van der Waals surface area contributed by atoms with Crippen molar-refractivity contribution in [2.24, 2.45) is 0 Å². The van der Waals surface area contributed by atoms with Gasteiger partial charge in [0, 0.05) is 10.0 Å². The van der Waals surface area contributed by atoms with Crippen molar-refractivity contribution in [3.63, 3.8) is 0 Å². The van der Waals surface area contributed by atoms with E-state index in [1.54, 1.807) is 24.3 Å². The van der Waals surface area contributed by atoms with Gasteiger partial charge in [-0.25, -0.2) is 4.39 Å². The molecule has 0 aliphatic carbocycles. The molecule has 0 saturated carbocycles. The highest BCUT2D eigenvalue weighted by molar-refractivity contribution is 9.10. The van der Waals surface area contributed by atoms with Crippen LogP contribution >= 0.6 is 28.1 Å². The minimum Gasteiger partial charge on any atom is -0.488 e. The molecule has 1 fully saturated rings. The van der Waals surface area contributed by atoms with Gasteiger partial charge >= 0.3 is 0 Å². The van der Waals surface area contributed by atoms with Gasteiger partial charge in [-0.05, 0) is 54.2 Å². The van der Waals surface area contributed by atoms with Crippen molar-refractivity contribution in [3.8, 4) is 5.75 Å². The summed E-state index contributed by atoms with van der Waals surface area (Å²) in [6, 6.07) is 11.6. The van der Waals surface area contributed by atoms with E-state index in [-0.39, 0.29) is 23.4 Å². The number of hydrogen-bond donors (Lipinski definition) is 2. The van der Waals surface area contributed by atoms with E-state index in [9.17, 15) is 9.18 Å². The van der Waals surface area contributed by atoms with Gasteiger partial charge in [-0.15, -0.1) is 0 Å². The predicted octanol–water partition coefficient (Wildman–Crippen LogP) is 3.51. The number of benzene rings is 2. The van der Waals surface area contributed by atoms with Gasteiger partial charge in [-0.3, -0.25) is 10.1 Å². The fourth-order valence-corrected chi connectivity index (χ4v) is 2.72. The highest BCUT2D eigenvalue weighted by atomic mass is 79.9. The molecule has 2 aromatic rings. The van der Waals surface area contributed by atoms with Gasteiger partial charge in [0.05, 0.1) is 0 Å². The van der Waals surface area contributed by atoms with Crippen LogP contribution in [0.2, 0.25) is 0 Å². The number of halogens is 2. The lowest BCUT2D eigenvalue weighted by Gasteiger charge is -2.10. The van der Waals surface area contributed by atoms with Crippen molar-refractivity contribution >= 4 is 45.2 Å². The molecule has 1 aliphatic rings. The minimum atomic E-state index is -0.290. The van der Waals surface area contributed by atoms with E-state index in [0.29, 0.717) is 17.0 Å². The third-order valence-electron chi connectivity index (χ3n) is 3.30. The molecule has 1 heterocycles. The van der Waals surface area contributed by atoms with Crippen molar-refractivity contribution in [2.45, 2.75) is 6.61 Å². The Morgan fingerprint density at radius 1 is 1.17 bits per heavy atom. The molecule has 0 radical (unpaired) electrons. The summed E-state index contributed by atoms with van der Waals surface area (Å²) >= 11 is 8.32. The maximum atomic E-state index is 12.9. The normalized spacial score (nSPS) is 15.3. The van der Waals surface area contributed by atoms with Gasteiger partial charge in [0.2, 0.25) is 0 Å². The van der Waals surface area contributed by atoms with Crippen LogP contribution in [-0.4, -0.2) is 11.0 Å². The Morgan fingerprint density at radius 2 is 1.92 bits per heavy atom. The number of carbonyl (C=O) groups excluding carboxylic acids is 1. The number of carbonyl (C=O) groups is 1. The second-order valence-corrected chi connectivity index (χ2v) is 6.39. The van der Waals surface area contributed by atoms with Crippen molar-refractivity contribution in [3.05, 3.63) is 69.6 Å². The smallest absolute Gasteiger partial charge is 0.273 e. The average molecular weight is 407 g/mol. The quantitative estimate of drug-likeness (QED) is 0.602. The second-order valence-electron chi connectivity index (χ2n) is 5.06. The van der Waals surface area contributed by atoms with E-state index in [0.717, 1.165) is 10.0 Å². The molecule has 3 rings (SSSR count). The number of nitrogens with one attached hydrogen (secondary N) is 2. The fourth-order valence-electron chi connectivity index (χ4n) is 2.14. The summed E-state index contributed by atoms with van der Waals surface area (Å²) in [4.78, 5) is 11.8. The molecule has 0 unspecified atom stereocenters. The molecule has 7 heteroatoms. The molecular formula is C17H12BrFN2O2S. The fraction of sp³-hybridized carbons (Fsp3) is 0.0588. The van der Waals surface area contributed by atoms with Crippen molar-refractivity contribution in [1.29, 1.82) is 0 Å². The van der Waals surface area contributed by atoms with E-state index >= 15 is 0 Å². The zero-order chi connectivity index (χ0) is 17.1. The largest absolute Gasteiger partial charge is 0.488 e. The van der Waals surface area contributed by atoms with Crippen LogP contribution in [0.3, 0.4) is 0 Å². The van der Waals surface area contributed by atoms with Crippen LogP contribution in [0.15, 0.2) is 52.6 Å². The molecule has 0 atom stereocenters. The Labute approximate surface area is 151 Å². The first-order valence-corrected chi connectivity index (χ1v) is 8.22. The molecule has 2 aromatic carbocycles. The Morgan fingerprint density at radius 3 is 2.58 bits per heavy atom. The first-order chi connectivity index (χ1) is 11.5. The number of hydrogen-bond acceptors (Lipinski definition) is 3. The van der Waals surface area contributed by atoms with E-state index in [4.69, 9.17) is 17.0 Å². The predicted molar refractivity (Wildman–Crippen MR) is 96.7 cm³/mol. The summed E-state index contributed by atoms with van der Waals surface area (Å²) in [5, 5.41) is 5.58. The van der Waals surface area contributed by atoms with E-state index in [1.807, 2.05) is 12.1 Å². The first kappa shape index (κ1) is 16.6. The van der Waals surface area contributed by atoms with Crippen LogP contribution in [0.25, 0.3) is 6.08 Å². The van der Waals surface area contributed by atoms with Gasteiger partial charge in [0.1, 0.15) is 23.9 Å². The number of rotatable bonds is 4. The third kappa shape index (κ3) is 3.98. The summed E-state index contributed by atoms with van der Waals surface area (Å²) in [7, 11) is 0. The molecule has 1 aliphatic heterocycles. The van der Waals surface area contributed by atoms with Gasteiger partial charge < -0.3 is 10.1 Å². The standard InChI is InChI=1S/C17H12BrFN2O2S/c18-12-3-6-15(23-9-10-1-4-13(19)5-2-10)11(7-12)8-14-16(22)21-17(24)20-14/h1-8H,9H2,(H2,20,21,22,24)/b14-8+. The number of amides is 1. The van der Waals surface area contributed by atoms with Gasteiger partial charge in [-0.1, -0.05) is 28.1 Å². The molecule has 1 amide bonds. The highest BCUT2D eigenvalue weighted by Gasteiger charge is 2.20. The van der Waals surface area contributed by atoms with Crippen LogP contribution in [-0.2, 0) is 11.4 Å². The van der Waals surface area contributed by atoms with Crippen LogP contribution in [0.1, 0.15) is 11.1 Å². The number of ether oxygens (including phenoxy) is 1. The third-order valence-corrected chi connectivity index (χ3v) is 4.00. The zero-order valence-electron chi connectivity index (χ0n) is 12.3. The zero-order valence-corrected chi connectivity index (χ0v) is 14.7. The Bertz CT molecular complexity index is 837. The van der Waals surface area contributed by atoms with E-state index < -0.39 is 0 Å². The SMILES string of the molecule is O=C1NC(=S)N/C1=C/c1cc(Br)ccc1OCc1ccc(F)cc1. The van der Waals surface area contributed by atoms with E-state index in [2.05, 4.69) is 26.6 Å². The van der Waals surface area contributed by atoms with Crippen LogP contribution < -0.4 is 15.4 Å². The summed E-state index contributed by atoms with van der Waals surface area (Å²) in [5.41, 5.74) is 1.91. The summed E-state index contributed by atoms with van der Waals surface area (Å²) < 4.78 is 19.6. The molecular weight excluding hydrogens is 395 g/mol. The van der Waals surface area contributed by atoms with Crippen molar-refractivity contribution in [1.82, 2.24) is 10.6 Å². The van der Waals surface area contributed by atoms with Gasteiger partial charge in [-0.2, -0.15) is 0 Å².